The first-order valence-corrected chi connectivity index (χ1v) is 10.4. The molecule has 0 fully saturated rings. The van der Waals surface area contributed by atoms with Crippen molar-refractivity contribution in [1.82, 2.24) is 19.5 Å². The molecule has 0 saturated carbocycles. The number of halogens is 1. The van der Waals surface area contributed by atoms with Crippen LogP contribution < -0.4 is 20.3 Å². The maximum absolute atomic E-state index is 12.8. The lowest BCUT2D eigenvalue weighted by Gasteiger charge is -2.12. The van der Waals surface area contributed by atoms with E-state index in [4.69, 9.17) is 9.47 Å². The van der Waals surface area contributed by atoms with Gasteiger partial charge in [0.05, 0.1) is 19.7 Å². The lowest BCUT2D eigenvalue weighted by atomic mass is 10.2. The molecule has 0 spiro atoms. The Morgan fingerprint density at radius 1 is 1.13 bits per heavy atom. The molecule has 0 unspecified atom stereocenters. The Labute approximate surface area is 186 Å². The highest BCUT2D eigenvalue weighted by molar-refractivity contribution is 9.10. The number of benzene rings is 2. The second-order valence-electron chi connectivity index (χ2n) is 7.02. The van der Waals surface area contributed by atoms with E-state index in [1.807, 2.05) is 24.3 Å². The summed E-state index contributed by atoms with van der Waals surface area (Å²) >= 11 is 3.49. The van der Waals surface area contributed by atoms with Crippen LogP contribution in [0, 0.1) is 6.92 Å². The van der Waals surface area contributed by atoms with Gasteiger partial charge in [0.15, 0.2) is 17.1 Å². The van der Waals surface area contributed by atoms with Crippen LogP contribution in [0.4, 0.5) is 0 Å². The number of ether oxygens (including phenoxy) is 2. The molecule has 2 heterocycles. The van der Waals surface area contributed by atoms with Gasteiger partial charge in [0.2, 0.25) is 5.91 Å². The number of amides is 1. The molecule has 2 aromatic carbocycles. The molecule has 160 valence electrons. The first kappa shape index (κ1) is 20.9. The zero-order valence-electron chi connectivity index (χ0n) is 17.3. The summed E-state index contributed by atoms with van der Waals surface area (Å²) in [5.41, 5.74) is 2.47. The molecule has 0 bridgehead atoms. The largest absolute Gasteiger partial charge is 0.493 e. The molecule has 1 amide bonds. The van der Waals surface area contributed by atoms with E-state index in [1.54, 1.807) is 42.5 Å². The van der Waals surface area contributed by atoms with E-state index in [0.29, 0.717) is 40.3 Å². The molecule has 2 aromatic heterocycles. The number of fused-ring (bicyclic) bond motifs is 3. The summed E-state index contributed by atoms with van der Waals surface area (Å²) < 4.78 is 15.3. The molecular formula is C22H21BrN4O4. The highest BCUT2D eigenvalue weighted by Gasteiger charge is 2.19. The summed E-state index contributed by atoms with van der Waals surface area (Å²) in [4.78, 5) is 29.1. The lowest BCUT2D eigenvalue weighted by molar-refractivity contribution is -0.122. The fourth-order valence-corrected chi connectivity index (χ4v) is 4.05. The predicted molar refractivity (Wildman–Crippen MR) is 121 cm³/mol. The maximum atomic E-state index is 12.8. The first-order chi connectivity index (χ1) is 14.9. The number of aryl methyl sites for hydroxylation is 1. The van der Waals surface area contributed by atoms with Gasteiger partial charge in [0, 0.05) is 34.2 Å². The summed E-state index contributed by atoms with van der Waals surface area (Å²) in [6.45, 7) is 2.23. The minimum Gasteiger partial charge on any atom is -0.493 e. The van der Waals surface area contributed by atoms with E-state index >= 15 is 0 Å². The van der Waals surface area contributed by atoms with Crippen molar-refractivity contribution in [3.05, 3.63) is 68.5 Å². The van der Waals surface area contributed by atoms with Crippen LogP contribution in [0.5, 0.6) is 11.5 Å². The summed E-state index contributed by atoms with van der Waals surface area (Å²) in [6, 6.07) is 12.7. The second kappa shape index (κ2) is 8.43. The average molecular weight is 485 g/mol. The van der Waals surface area contributed by atoms with Gasteiger partial charge in [0.25, 0.3) is 5.56 Å². The van der Waals surface area contributed by atoms with Crippen LogP contribution in [0.3, 0.4) is 0 Å². The third kappa shape index (κ3) is 3.88. The van der Waals surface area contributed by atoms with Crippen molar-refractivity contribution in [3.8, 4) is 11.5 Å². The van der Waals surface area contributed by atoms with Crippen molar-refractivity contribution in [2.75, 3.05) is 14.2 Å². The normalized spacial score (nSPS) is 11.1. The monoisotopic (exact) mass is 484 g/mol. The topological polar surface area (TPSA) is 86.9 Å². The molecule has 1 N–H and O–H groups in total. The van der Waals surface area contributed by atoms with Crippen molar-refractivity contribution < 1.29 is 14.3 Å². The summed E-state index contributed by atoms with van der Waals surface area (Å²) in [5.74, 6) is 0.861. The van der Waals surface area contributed by atoms with E-state index in [2.05, 4.69) is 26.2 Å². The minimum atomic E-state index is -0.343. The number of carbonyl (C=O) groups is 1. The Bertz CT molecular complexity index is 1360. The van der Waals surface area contributed by atoms with Gasteiger partial charge < -0.3 is 14.8 Å². The molecule has 31 heavy (non-hydrogen) atoms. The molecule has 0 radical (unpaired) electrons. The van der Waals surface area contributed by atoms with Crippen LogP contribution in [0.15, 0.2) is 51.7 Å². The Kier molecular flexibility index (Phi) is 5.69. The van der Waals surface area contributed by atoms with Crippen LogP contribution in [-0.2, 0) is 17.9 Å². The SMILES string of the molecule is COc1cc2c(cc1OC)n(CC(=O)NCc1ccccc1Br)n1c(C)cc(=O)nc21. The van der Waals surface area contributed by atoms with Gasteiger partial charge in [-0.15, -0.1) is 0 Å². The lowest BCUT2D eigenvalue weighted by Crippen LogP contribution is -2.29. The summed E-state index contributed by atoms with van der Waals surface area (Å²) in [7, 11) is 3.09. The molecule has 8 nitrogen and oxygen atoms in total. The molecule has 0 saturated heterocycles. The van der Waals surface area contributed by atoms with Crippen molar-refractivity contribution in [2.24, 2.45) is 0 Å². The molecular weight excluding hydrogens is 464 g/mol. The van der Waals surface area contributed by atoms with Gasteiger partial charge in [0.1, 0.15) is 6.54 Å². The van der Waals surface area contributed by atoms with Crippen LogP contribution in [-0.4, -0.2) is 34.3 Å². The standard InChI is InChI=1S/C22H21BrN4O4/c1-13-8-20(28)25-22-15-9-18(30-2)19(31-3)10-17(15)26(27(13)22)12-21(29)24-11-14-6-4-5-7-16(14)23/h4-10H,11-12H2,1-3H3,(H,24,29). The van der Waals surface area contributed by atoms with Gasteiger partial charge in [-0.25, -0.2) is 4.52 Å². The molecule has 0 aliphatic rings. The number of methoxy groups -OCH3 is 2. The number of nitrogens with one attached hydrogen (secondary N) is 1. The first-order valence-electron chi connectivity index (χ1n) is 9.58. The van der Waals surface area contributed by atoms with E-state index in [0.717, 1.165) is 10.0 Å². The zero-order chi connectivity index (χ0) is 22.1. The van der Waals surface area contributed by atoms with Gasteiger partial charge >= 0.3 is 0 Å². The molecule has 4 aromatic rings. The Morgan fingerprint density at radius 2 is 1.84 bits per heavy atom. The highest BCUT2D eigenvalue weighted by Crippen LogP contribution is 2.34. The van der Waals surface area contributed by atoms with Crippen molar-refractivity contribution in [3.63, 3.8) is 0 Å². The number of hydrogen-bond acceptors (Lipinski definition) is 5. The average Bonchev–Trinajstić information content (AvgIpc) is 3.04. The fraction of sp³-hybridized carbons (Fsp3) is 0.227. The van der Waals surface area contributed by atoms with Crippen molar-refractivity contribution in [1.29, 1.82) is 0 Å². The van der Waals surface area contributed by atoms with Crippen LogP contribution >= 0.6 is 15.9 Å². The van der Waals surface area contributed by atoms with Crippen LogP contribution in [0.1, 0.15) is 11.3 Å². The van der Waals surface area contributed by atoms with Gasteiger partial charge in [-0.1, -0.05) is 34.1 Å². The second-order valence-corrected chi connectivity index (χ2v) is 7.88. The molecule has 0 aliphatic heterocycles. The highest BCUT2D eigenvalue weighted by atomic mass is 79.9. The molecule has 9 heteroatoms. The molecule has 0 atom stereocenters. The minimum absolute atomic E-state index is 0.0331. The molecule has 4 rings (SSSR count). The Hall–Kier alpha value is -3.33. The van der Waals surface area contributed by atoms with E-state index in [1.165, 1.54) is 6.07 Å². The third-order valence-electron chi connectivity index (χ3n) is 5.07. The van der Waals surface area contributed by atoms with Gasteiger partial charge in [-0.3, -0.25) is 14.3 Å². The number of aromatic nitrogens is 3. The van der Waals surface area contributed by atoms with Gasteiger partial charge in [-0.2, -0.15) is 4.98 Å². The Morgan fingerprint density at radius 3 is 2.55 bits per heavy atom. The number of rotatable bonds is 6. The molecule has 0 aliphatic carbocycles. The van der Waals surface area contributed by atoms with Crippen molar-refractivity contribution in [2.45, 2.75) is 20.0 Å². The number of carbonyl (C=O) groups excluding carboxylic acids is 1. The third-order valence-corrected chi connectivity index (χ3v) is 5.85. The Balaban J connectivity index is 1.79. The van der Waals surface area contributed by atoms with E-state index < -0.39 is 0 Å². The maximum Gasteiger partial charge on any atom is 0.273 e. The number of hydrogen-bond donors (Lipinski definition) is 1. The summed E-state index contributed by atoms with van der Waals surface area (Å²) in [5, 5.41) is 3.64. The predicted octanol–water partition coefficient (Wildman–Crippen LogP) is 3.05. The zero-order valence-corrected chi connectivity index (χ0v) is 18.9. The smallest absolute Gasteiger partial charge is 0.273 e. The van der Waals surface area contributed by atoms with E-state index in [-0.39, 0.29) is 18.0 Å². The number of nitrogens with zero attached hydrogens (tertiary/aromatic N) is 3. The van der Waals surface area contributed by atoms with Crippen LogP contribution in [0.25, 0.3) is 16.6 Å². The van der Waals surface area contributed by atoms with Gasteiger partial charge in [-0.05, 0) is 24.6 Å². The summed E-state index contributed by atoms with van der Waals surface area (Å²) in [6.07, 6.45) is 0. The van der Waals surface area contributed by atoms with Crippen molar-refractivity contribution >= 4 is 38.4 Å². The van der Waals surface area contributed by atoms with E-state index in [9.17, 15) is 9.59 Å². The quantitative estimate of drug-likeness (QED) is 0.454. The fourth-order valence-electron chi connectivity index (χ4n) is 3.62. The van der Waals surface area contributed by atoms with Crippen LogP contribution in [0.2, 0.25) is 0 Å².